The summed E-state index contributed by atoms with van der Waals surface area (Å²) in [5, 5.41) is 17.0. The van der Waals surface area contributed by atoms with Crippen LogP contribution >= 0.6 is 0 Å². The van der Waals surface area contributed by atoms with Crippen LogP contribution < -0.4 is 10.1 Å². The normalized spacial score (nSPS) is 19.0. The van der Waals surface area contributed by atoms with Gasteiger partial charge >= 0.3 is 6.03 Å². The second kappa shape index (κ2) is 9.41. The Hall–Kier alpha value is -3.86. The number of rotatable bonds is 5. The molecule has 0 spiro atoms. The number of carbonyl (C=O) groups is 1. The van der Waals surface area contributed by atoms with Gasteiger partial charge < -0.3 is 19.5 Å². The molecule has 1 N–H and O–H groups in total. The van der Waals surface area contributed by atoms with E-state index in [-0.39, 0.29) is 18.2 Å². The molecule has 1 aromatic heterocycles. The maximum absolute atomic E-state index is 12.8. The lowest BCUT2D eigenvalue weighted by Gasteiger charge is -2.21. The van der Waals surface area contributed by atoms with Crippen LogP contribution in [0.2, 0.25) is 0 Å². The first-order valence-electron chi connectivity index (χ1n) is 12.2. The summed E-state index contributed by atoms with van der Waals surface area (Å²) in [7, 11) is 0. The van der Waals surface area contributed by atoms with Crippen LogP contribution in [0.15, 0.2) is 40.9 Å². The highest BCUT2D eigenvalue weighted by Crippen LogP contribution is 2.38. The van der Waals surface area contributed by atoms with Crippen molar-refractivity contribution in [2.75, 3.05) is 13.1 Å². The average molecular weight is 472 g/mol. The number of benzene rings is 2. The van der Waals surface area contributed by atoms with E-state index in [9.17, 15) is 10.1 Å². The first-order valence-corrected chi connectivity index (χ1v) is 12.2. The van der Waals surface area contributed by atoms with Crippen molar-refractivity contribution in [3.8, 4) is 34.7 Å². The Morgan fingerprint density at radius 1 is 1.29 bits per heavy atom. The zero-order valence-corrected chi connectivity index (χ0v) is 20.2. The van der Waals surface area contributed by atoms with Crippen molar-refractivity contribution in [2.24, 2.45) is 5.92 Å². The van der Waals surface area contributed by atoms with Gasteiger partial charge in [0.15, 0.2) is 0 Å². The van der Waals surface area contributed by atoms with E-state index in [2.05, 4.69) is 34.5 Å². The third-order valence-corrected chi connectivity index (χ3v) is 6.66. The molecule has 2 amide bonds. The van der Waals surface area contributed by atoms with Crippen molar-refractivity contribution < 1.29 is 14.1 Å². The molecule has 0 saturated carbocycles. The van der Waals surface area contributed by atoms with Crippen LogP contribution in [-0.2, 0) is 6.42 Å². The number of carbonyl (C=O) groups excluding carboxylic acids is 1. The highest BCUT2D eigenvalue weighted by atomic mass is 16.5. The Bertz CT molecular complexity index is 1290. The van der Waals surface area contributed by atoms with Gasteiger partial charge in [0.05, 0.1) is 17.7 Å². The molecule has 2 heterocycles. The van der Waals surface area contributed by atoms with Crippen LogP contribution in [0.4, 0.5) is 4.79 Å². The van der Waals surface area contributed by atoms with Crippen LogP contribution in [0.25, 0.3) is 22.8 Å². The molecule has 5 rings (SSSR count). The quantitative estimate of drug-likeness (QED) is 0.555. The standard InChI is InChI=1S/C27H29N5O3/c1-16(2)34-24-10-7-18(13-19(24)14-28)26-30-25(31-35-26)22-6-4-5-21-20(22)8-9-23(21)29-27(33)32-12-11-17(3)15-32/h4-7,10,13,16-17,23H,8-9,11-12,15H2,1-3H3,(H,29,33)/t17-,23-/m1/s1. The molecule has 1 aliphatic heterocycles. The van der Waals surface area contributed by atoms with Gasteiger partial charge in [-0.15, -0.1) is 0 Å². The molecule has 3 aromatic rings. The molecule has 2 aromatic carbocycles. The van der Waals surface area contributed by atoms with Gasteiger partial charge in [-0.1, -0.05) is 30.3 Å². The van der Waals surface area contributed by atoms with Gasteiger partial charge in [0.25, 0.3) is 5.89 Å². The minimum atomic E-state index is -0.0318. The maximum Gasteiger partial charge on any atom is 0.317 e. The number of nitriles is 1. The number of fused-ring (bicyclic) bond motifs is 1. The predicted octanol–water partition coefficient (Wildman–Crippen LogP) is 5.10. The minimum Gasteiger partial charge on any atom is -0.490 e. The number of hydrogen-bond acceptors (Lipinski definition) is 6. The molecule has 0 bridgehead atoms. The van der Waals surface area contributed by atoms with Gasteiger partial charge in [0.2, 0.25) is 5.82 Å². The Morgan fingerprint density at radius 2 is 2.14 bits per heavy atom. The van der Waals surface area contributed by atoms with Gasteiger partial charge in [-0.25, -0.2) is 4.79 Å². The van der Waals surface area contributed by atoms with Crippen molar-refractivity contribution >= 4 is 6.03 Å². The SMILES string of the molecule is CC(C)Oc1ccc(-c2nc(-c3cccc4c3CC[C@H]4NC(=O)N3CC[C@@H](C)C3)no2)cc1C#N. The summed E-state index contributed by atoms with van der Waals surface area (Å²) in [6.07, 6.45) is 2.70. The summed E-state index contributed by atoms with van der Waals surface area (Å²) < 4.78 is 11.3. The van der Waals surface area contributed by atoms with Crippen LogP contribution in [0.1, 0.15) is 56.3 Å². The Labute approximate surface area is 204 Å². The third-order valence-electron chi connectivity index (χ3n) is 6.66. The summed E-state index contributed by atoms with van der Waals surface area (Å²) in [5.74, 6) is 1.93. The van der Waals surface area contributed by atoms with Crippen LogP contribution in [-0.4, -0.2) is 40.3 Å². The first kappa shape index (κ1) is 22.9. The minimum absolute atomic E-state index is 0.0117. The topological polar surface area (TPSA) is 104 Å². The van der Waals surface area contributed by atoms with Crippen molar-refractivity contribution in [3.05, 3.63) is 53.1 Å². The number of likely N-dealkylation sites (tertiary alicyclic amines) is 1. The van der Waals surface area contributed by atoms with Crippen LogP contribution in [0, 0.1) is 17.2 Å². The summed E-state index contributed by atoms with van der Waals surface area (Å²) in [4.78, 5) is 19.3. The second-order valence-corrected chi connectivity index (χ2v) is 9.67. The largest absolute Gasteiger partial charge is 0.490 e. The second-order valence-electron chi connectivity index (χ2n) is 9.67. The molecular weight excluding hydrogens is 442 g/mol. The number of aromatic nitrogens is 2. The number of nitrogens with one attached hydrogen (secondary N) is 1. The molecule has 1 saturated heterocycles. The van der Waals surface area contributed by atoms with Crippen molar-refractivity contribution in [2.45, 2.75) is 52.2 Å². The smallest absolute Gasteiger partial charge is 0.317 e. The predicted molar refractivity (Wildman–Crippen MR) is 131 cm³/mol. The fourth-order valence-corrected chi connectivity index (χ4v) is 4.93. The molecule has 8 heteroatoms. The number of hydrogen-bond donors (Lipinski definition) is 1. The lowest BCUT2D eigenvalue weighted by Crippen LogP contribution is -2.39. The van der Waals surface area contributed by atoms with E-state index < -0.39 is 0 Å². The molecule has 2 atom stereocenters. The van der Waals surface area contributed by atoms with Crippen LogP contribution in [0.5, 0.6) is 5.75 Å². The average Bonchev–Trinajstić information content (AvgIpc) is 3.59. The number of amides is 2. The highest BCUT2D eigenvalue weighted by molar-refractivity contribution is 5.76. The van der Waals surface area contributed by atoms with Gasteiger partial charge in [0, 0.05) is 24.2 Å². The van der Waals surface area contributed by atoms with E-state index in [1.807, 2.05) is 36.9 Å². The molecule has 35 heavy (non-hydrogen) atoms. The van der Waals surface area contributed by atoms with Gasteiger partial charge in [-0.05, 0) is 68.4 Å². The van der Waals surface area contributed by atoms with Gasteiger partial charge in [-0.2, -0.15) is 10.2 Å². The molecule has 2 aliphatic rings. The van der Waals surface area contributed by atoms with E-state index in [4.69, 9.17) is 9.26 Å². The molecule has 1 fully saturated rings. The first-order chi connectivity index (χ1) is 16.9. The number of ether oxygens (including phenoxy) is 1. The summed E-state index contributed by atoms with van der Waals surface area (Å²) in [6.45, 7) is 7.64. The van der Waals surface area contributed by atoms with E-state index in [0.29, 0.717) is 34.5 Å². The Kier molecular flexibility index (Phi) is 6.16. The highest BCUT2D eigenvalue weighted by Gasteiger charge is 2.30. The molecule has 8 nitrogen and oxygen atoms in total. The Morgan fingerprint density at radius 3 is 2.89 bits per heavy atom. The zero-order chi connectivity index (χ0) is 24.5. The van der Waals surface area contributed by atoms with Crippen LogP contribution in [0.3, 0.4) is 0 Å². The van der Waals surface area contributed by atoms with Crippen molar-refractivity contribution in [1.29, 1.82) is 5.26 Å². The molecule has 180 valence electrons. The zero-order valence-electron chi connectivity index (χ0n) is 20.2. The van der Waals surface area contributed by atoms with Gasteiger partial charge in [0.1, 0.15) is 11.8 Å². The number of nitrogens with zero attached hydrogens (tertiary/aromatic N) is 4. The van der Waals surface area contributed by atoms with E-state index in [0.717, 1.165) is 49.0 Å². The lowest BCUT2D eigenvalue weighted by atomic mass is 10.0. The van der Waals surface area contributed by atoms with Crippen molar-refractivity contribution in [1.82, 2.24) is 20.4 Å². The van der Waals surface area contributed by atoms with E-state index in [1.165, 1.54) is 0 Å². The van der Waals surface area contributed by atoms with Gasteiger partial charge in [-0.3, -0.25) is 0 Å². The maximum atomic E-state index is 12.8. The third kappa shape index (κ3) is 4.59. The number of urea groups is 1. The molecule has 0 radical (unpaired) electrons. The van der Waals surface area contributed by atoms with E-state index in [1.54, 1.807) is 12.1 Å². The fraction of sp³-hybridized carbons (Fsp3) is 0.407. The monoisotopic (exact) mass is 471 g/mol. The molecule has 1 aliphatic carbocycles. The summed E-state index contributed by atoms with van der Waals surface area (Å²) in [6, 6.07) is 13.5. The Balaban J connectivity index is 1.37. The van der Waals surface area contributed by atoms with Crippen molar-refractivity contribution in [3.63, 3.8) is 0 Å². The lowest BCUT2D eigenvalue weighted by molar-refractivity contribution is 0.203. The molecule has 0 unspecified atom stereocenters. The summed E-state index contributed by atoms with van der Waals surface area (Å²) >= 11 is 0. The van der Waals surface area contributed by atoms with E-state index >= 15 is 0 Å². The molecular formula is C27H29N5O3. The summed E-state index contributed by atoms with van der Waals surface area (Å²) in [5.41, 5.74) is 4.23. The fourth-order valence-electron chi connectivity index (χ4n) is 4.93.